The van der Waals surface area contributed by atoms with Gasteiger partial charge in [-0.15, -0.1) is 24.8 Å². The van der Waals surface area contributed by atoms with Crippen LogP contribution >= 0.6 is 36.4 Å². The van der Waals surface area contributed by atoms with Gasteiger partial charge in [-0.05, 0) is 35.9 Å². The van der Waals surface area contributed by atoms with E-state index < -0.39 is 0 Å². The second-order valence-electron chi connectivity index (χ2n) is 5.57. The number of hydrogen-bond donors (Lipinski definition) is 3. The van der Waals surface area contributed by atoms with Gasteiger partial charge in [0, 0.05) is 34.9 Å². The van der Waals surface area contributed by atoms with E-state index in [9.17, 15) is 4.79 Å². The molecule has 1 aliphatic heterocycles. The largest absolute Gasteiger partial charge is 0.352 e. The van der Waals surface area contributed by atoms with Crippen LogP contribution in [0.3, 0.4) is 0 Å². The fourth-order valence-electron chi connectivity index (χ4n) is 2.58. The molecule has 140 valence electrons. The Kier molecular flexibility index (Phi) is 6.85. The average molecular weight is 425 g/mol. The Hall–Kier alpha value is -2.54. The van der Waals surface area contributed by atoms with Gasteiger partial charge in [-0.1, -0.05) is 23.7 Å². The molecule has 0 saturated heterocycles. The molecule has 3 heterocycles. The van der Waals surface area contributed by atoms with Crippen LogP contribution in [0, 0.1) is 0 Å². The predicted octanol–water partition coefficient (Wildman–Crippen LogP) is 3.68. The normalized spacial score (nSPS) is 14.3. The first-order chi connectivity index (χ1) is 12.2. The van der Waals surface area contributed by atoms with Crippen molar-refractivity contribution in [2.45, 2.75) is 6.54 Å². The lowest BCUT2D eigenvalue weighted by atomic mass is 10.2. The Labute approximate surface area is 172 Å². The fourth-order valence-corrected chi connectivity index (χ4v) is 2.71. The minimum Gasteiger partial charge on any atom is -0.352 e. The molecule has 4 rings (SSSR count). The molecule has 0 radical (unpaired) electrons. The molecule has 1 aromatic carbocycles. The molecule has 27 heavy (non-hydrogen) atoms. The van der Waals surface area contributed by atoms with Gasteiger partial charge in [0.05, 0.1) is 0 Å². The number of rotatable bonds is 3. The van der Waals surface area contributed by atoms with E-state index in [-0.39, 0.29) is 30.7 Å². The standard InChI is InChI=1S/C18H14ClN5O.2ClH/c19-13-5-3-11(4-6-13)9-22-18-23-15(17(25)24-18)8-12-10-21-16-14(12)2-1-7-20-16;;/h1-8,10H,9H2,(H,20,21)(H2,22,23,24,25);2*1H/b15-8-;;. The number of nitrogens with one attached hydrogen (secondary N) is 3. The third-order valence-corrected chi connectivity index (χ3v) is 4.10. The van der Waals surface area contributed by atoms with Crippen LogP contribution in [0.2, 0.25) is 5.02 Å². The van der Waals surface area contributed by atoms with Gasteiger partial charge in [-0.2, -0.15) is 0 Å². The number of nitrogens with zero attached hydrogens (tertiary/aromatic N) is 2. The van der Waals surface area contributed by atoms with Gasteiger partial charge in [-0.25, -0.2) is 9.98 Å². The number of aliphatic imine (C=N–C) groups is 1. The van der Waals surface area contributed by atoms with Crippen LogP contribution in [0.15, 0.2) is 59.5 Å². The van der Waals surface area contributed by atoms with Crippen molar-refractivity contribution < 1.29 is 4.79 Å². The second-order valence-corrected chi connectivity index (χ2v) is 6.00. The molecule has 6 nitrogen and oxygen atoms in total. The van der Waals surface area contributed by atoms with E-state index in [1.54, 1.807) is 12.3 Å². The van der Waals surface area contributed by atoms with Crippen molar-refractivity contribution in [2.75, 3.05) is 0 Å². The molecule has 9 heteroatoms. The Morgan fingerprint density at radius 3 is 2.70 bits per heavy atom. The van der Waals surface area contributed by atoms with Crippen molar-refractivity contribution in [3.8, 4) is 0 Å². The molecule has 0 atom stereocenters. The van der Waals surface area contributed by atoms with E-state index in [1.165, 1.54) is 0 Å². The minimum absolute atomic E-state index is 0. The van der Waals surface area contributed by atoms with E-state index in [2.05, 4.69) is 25.6 Å². The minimum atomic E-state index is -0.239. The third kappa shape index (κ3) is 4.60. The lowest BCUT2D eigenvalue weighted by molar-refractivity contribution is -0.115. The summed E-state index contributed by atoms with van der Waals surface area (Å²) in [6.07, 6.45) is 5.27. The number of fused-ring (bicyclic) bond motifs is 1. The molecule has 2 aromatic heterocycles. The van der Waals surface area contributed by atoms with Gasteiger partial charge >= 0.3 is 0 Å². The van der Waals surface area contributed by atoms with E-state index in [0.29, 0.717) is 23.2 Å². The van der Waals surface area contributed by atoms with Crippen LogP contribution < -0.4 is 10.6 Å². The molecule has 3 aromatic rings. The average Bonchev–Trinajstić information content (AvgIpc) is 3.19. The van der Waals surface area contributed by atoms with Crippen LogP contribution in [0.5, 0.6) is 0 Å². The summed E-state index contributed by atoms with van der Waals surface area (Å²) in [6, 6.07) is 11.3. The number of amides is 1. The summed E-state index contributed by atoms with van der Waals surface area (Å²) < 4.78 is 0. The topological polar surface area (TPSA) is 82.2 Å². The molecule has 0 fully saturated rings. The van der Waals surface area contributed by atoms with Gasteiger partial charge in [0.15, 0.2) is 0 Å². The fraction of sp³-hybridized carbons (Fsp3) is 0.0556. The maximum absolute atomic E-state index is 12.1. The number of pyridine rings is 1. The summed E-state index contributed by atoms with van der Waals surface area (Å²) in [4.78, 5) is 23.8. The number of benzene rings is 1. The maximum atomic E-state index is 12.1. The smallest absolute Gasteiger partial charge is 0.276 e. The van der Waals surface area contributed by atoms with Gasteiger partial charge in [0.1, 0.15) is 11.3 Å². The molecule has 1 aliphatic rings. The van der Waals surface area contributed by atoms with Gasteiger partial charge in [-0.3, -0.25) is 10.1 Å². The quantitative estimate of drug-likeness (QED) is 0.561. The van der Waals surface area contributed by atoms with E-state index in [0.717, 1.165) is 22.2 Å². The monoisotopic (exact) mass is 423 g/mol. The van der Waals surface area contributed by atoms with E-state index >= 15 is 0 Å². The molecular weight excluding hydrogens is 409 g/mol. The highest BCUT2D eigenvalue weighted by Gasteiger charge is 2.20. The number of hydrogen-bond acceptors (Lipinski definition) is 4. The molecule has 0 unspecified atom stereocenters. The highest BCUT2D eigenvalue weighted by Crippen LogP contribution is 2.20. The number of aromatic amines is 1. The van der Waals surface area contributed by atoms with Crippen molar-refractivity contribution in [1.82, 2.24) is 20.6 Å². The van der Waals surface area contributed by atoms with Crippen LogP contribution in [-0.4, -0.2) is 21.8 Å². The van der Waals surface area contributed by atoms with Crippen LogP contribution in [0.4, 0.5) is 0 Å². The molecule has 0 spiro atoms. The first-order valence-electron chi connectivity index (χ1n) is 7.71. The zero-order valence-electron chi connectivity index (χ0n) is 13.9. The third-order valence-electron chi connectivity index (χ3n) is 3.85. The van der Waals surface area contributed by atoms with Crippen molar-refractivity contribution >= 4 is 65.4 Å². The number of H-pyrrole nitrogens is 1. The number of halogens is 3. The Balaban J connectivity index is 0.00000131. The summed E-state index contributed by atoms with van der Waals surface area (Å²) >= 11 is 5.87. The first kappa shape index (κ1) is 20.8. The van der Waals surface area contributed by atoms with Crippen molar-refractivity contribution in [3.63, 3.8) is 0 Å². The second kappa shape index (κ2) is 8.90. The summed E-state index contributed by atoms with van der Waals surface area (Å²) in [5, 5.41) is 7.47. The number of carbonyl (C=O) groups is 1. The molecule has 1 amide bonds. The number of guanidine groups is 1. The number of carbonyl (C=O) groups excluding carboxylic acids is 1. The van der Waals surface area contributed by atoms with E-state index in [4.69, 9.17) is 11.6 Å². The zero-order valence-corrected chi connectivity index (χ0v) is 16.3. The lowest BCUT2D eigenvalue weighted by Crippen LogP contribution is -2.35. The van der Waals surface area contributed by atoms with Gasteiger partial charge in [0.2, 0.25) is 5.96 Å². The SMILES string of the molecule is Cl.Cl.O=C1NC(NCc2ccc(Cl)cc2)=N/C1=C\c1c[nH]c2ncccc12. The van der Waals surface area contributed by atoms with E-state index in [1.807, 2.05) is 42.6 Å². The van der Waals surface area contributed by atoms with Crippen LogP contribution in [0.25, 0.3) is 17.1 Å². The maximum Gasteiger partial charge on any atom is 0.276 e. The summed E-state index contributed by atoms with van der Waals surface area (Å²) in [5.74, 6) is 0.195. The van der Waals surface area contributed by atoms with Crippen molar-refractivity contribution in [1.29, 1.82) is 0 Å². The summed E-state index contributed by atoms with van der Waals surface area (Å²) in [5.41, 5.74) is 3.04. The first-order valence-corrected chi connectivity index (χ1v) is 8.09. The Morgan fingerprint density at radius 1 is 1.15 bits per heavy atom. The zero-order chi connectivity index (χ0) is 17.2. The Morgan fingerprint density at radius 2 is 1.93 bits per heavy atom. The summed E-state index contributed by atoms with van der Waals surface area (Å²) in [6.45, 7) is 0.542. The molecule has 0 bridgehead atoms. The molecule has 3 N–H and O–H groups in total. The highest BCUT2D eigenvalue weighted by atomic mass is 35.5. The van der Waals surface area contributed by atoms with Crippen molar-refractivity contribution in [3.05, 3.63) is 70.6 Å². The number of aromatic nitrogens is 2. The lowest BCUT2D eigenvalue weighted by Gasteiger charge is -2.05. The predicted molar refractivity (Wildman–Crippen MR) is 112 cm³/mol. The van der Waals surface area contributed by atoms with Crippen LogP contribution in [-0.2, 0) is 11.3 Å². The summed E-state index contributed by atoms with van der Waals surface area (Å²) in [7, 11) is 0. The highest BCUT2D eigenvalue weighted by molar-refractivity contribution is 6.30. The van der Waals surface area contributed by atoms with Crippen molar-refractivity contribution in [2.24, 2.45) is 4.99 Å². The molecular formula is C18H16Cl3N5O. The Bertz CT molecular complexity index is 1010. The molecule has 0 saturated carbocycles. The van der Waals surface area contributed by atoms with Crippen LogP contribution in [0.1, 0.15) is 11.1 Å². The van der Waals surface area contributed by atoms with Gasteiger partial charge < -0.3 is 10.3 Å². The molecule has 0 aliphatic carbocycles. The van der Waals surface area contributed by atoms with Gasteiger partial charge in [0.25, 0.3) is 5.91 Å².